The van der Waals surface area contributed by atoms with Gasteiger partial charge in [-0.25, -0.2) is 4.98 Å². The molecule has 4 aromatic rings. The number of carbonyl (C=O) groups is 1. The minimum absolute atomic E-state index is 0.148. The van der Waals surface area contributed by atoms with Crippen LogP contribution in [0, 0.1) is 0 Å². The Balaban J connectivity index is 1.40. The molecule has 0 spiro atoms. The van der Waals surface area contributed by atoms with Gasteiger partial charge in [-0.1, -0.05) is 36.4 Å². The van der Waals surface area contributed by atoms with Gasteiger partial charge in [0.1, 0.15) is 5.75 Å². The number of hydrogen-bond donors (Lipinski definition) is 1. The van der Waals surface area contributed by atoms with Crippen LogP contribution < -0.4 is 10.1 Å². The number of hydrogen-bond acceptors (Lipinski definition) is 3. The van der Waals surface area contributed by atoms with E-state index in [4.69, 9.17) is 4.74 Å². The fourth-order valence-electron chi connectivity index (χ4n) is 3.18. The van der Waals surface area contributed by atoms with Crippen molar-refractivity contribution in [3.05, 3.63) is 94.2 Å². The van der Waals surface area contributed by atoms with Crippen LogP contribution in [-0.2, 0) is 13.1 Å². The molecule has 1 heterocycles. The lowest BCUT2D eigenvalue weighted by Crippen LogP contribution is -2.23. The van der Waals surface area contributed by atoms with Crippen LogP contribution in [0.1, 0.15) is 21.5 Å². The summed E-state index contributed by atoms with van der Waals surface area (Å²) in [5, 5.41) is 2.96. The molecule has 1 amide bonds. The van der Waals surface area contributed by atoms with E-state index in [1.807, 2.05) is 48.8 Å². The van der Waals surface area contributed by atoms with E-state index in [9.17, 15) is 4.79 Å². The van der Waals surface area contributed by atoms with Crippen LogP contribution in [0.2, 0.25) is 0 Å². The summed E-state index contributed by atoms with van der Waals surface area (Å²) in [4.78, 5) is 16.9. The Hall–Kier alpha value is -3.12. The Morgan fingerprint density at radius 3 is 2.62 bits per heavy atom. The smallest absolute Gasteiger partial charge is 0.252 e. The third kappa shape index (κ3) is 4.32. The first kappa shape index (κ1) is 19.2. The zero-order chi connectivity index (χ0) is 20.2. The van der Waals surface area contributed by atoms with Crippen molar-refractivity contribution in [3.8, 4) is 5.75 Å². The van der Waals surface area contributed by atoms with Gasteiger partial charge in [0.25, 0.3) is 5.91 Å². The average molecular weight is 450 g/mol. The van der Waals surface area contributed by atoms with Crippen molar-refractivity contribution < 1.29 is 9.53 Å². The van der Waals surface area contributed by atoms with Gasteiger partial charge in [-0.2, -0.15) is 0 Å². The molecule has 0 radical (unpaired) electrons. The SMILES string of the molecule is COc1ccc(Br)c(C(=O)NCc2ccc(Cn3cnc4ccccc43)cc2)c1. The summed E-state index contributed by atoms with van der Waals surface area (Å²) in [5.41, 5.74) is 4.88. The Morgan fingerprint density at radius 2 is 1.83 bits per heavy atom. The number of fused-ring (bicyclic) bond motifs is 1. The Morgan fingerprint density at radius 1 is 1.07 bits per heavy atom. The number of halogens is 1. The van der Waals surface area contributed by atoms with Crippen LogP contribution in [-0.4, -0.2) is 22.6 Å². The lowest BCUT2D eigenvalue weighted by atomic mass is 10.1. The summed E-state index contributed by atoms with van der Waals surface area (Å²) in [7, 11) is 1.58. The number of imidazole rings is 1. The molecule has 5 nitrogen and oxygen atoms in total. The molecule has 0 fully saturated rings. The fraction of sp³-hybridized carbons (Fsp3) is 0.130. The maximum atomic E-state index is 12.5. The molecule has 3 aromatic carbocycles. The van der Waals surface area contributed by atoms with E-state index < -0.39 is 0 Å². The van der Waals surface area contributed by atoms with E-state index in [0.29, 0.717) is 17.9 Å². The predicted molar refractivity (Wildman–Crippen MR) is 117 cm³/mol. The molecular weight excluding hydrogens is 430 g/mol. The minimum Gasteiger partial charge on any atom is -0.497 e. The van der Waals surface area contributed by atoms with Crippen molar-refractivity contribution in [1.82, 2.24) is 14.9 Å². The molecule has 6 heteroatoms. The quantitative estimate of drug-likeness (QED) is 0.460. The van der Waals surface area contributed by atoms with Crippen LogP contribution in [0.15, 0.2) is 77.5 Å². The Labute approximate surface area is 177 Å². The summed E-state index contributed by atoms with van der Waals surface area (Å²) >= 11 is 3.42. The van der Waals surface area contributed by atoms with Crippen LogP contribution in [0.4, 0.5) is 0 Å². The van der Waals surface area contributed by atoms with Gasteiger partial charge in [-0.15, -0.1) is 0 Å². The van der Waals surface area contributed by atoms with E-state index in [1.165, 1.54) is 5.56 Å². The molecule has 1 aromatic heterocycles. The van der Waals surface area contributed by atoms with Crippen LogP contribution in [0.5, 0.6) is 5.75 Å². The third-order valence-electron chi connectivity index (χ3n) is 4.77. The first-order valence-corrected chi connectivity index (χ1v) is 10.0. The number of nitrogens with one attached hydrogen (secondary N) is 1. The number of carbonyl (C=O) groups excluding carboxylic acids is 1. The monoisotopic (exact) mass is 449 g/mol. The second-order valence-corrected chi connectivity index (χ2v) is 7.56. The van der Waals surface area contributed by atoms with Gasteiger partial charge in [0.15, 0.2) is 0 Å². The number of ether oxygens (including phenoxy) is 1. The van der Waals surface area contributed by atoms with Crippen molar-refractivity contribution in [2.45, 2.75) is 13.1 Å². The molecule has 1 N–H and O–H groups in total. The minimum atomic E-state index is -0.148. The van der Waals surface area contributed by atoms with Crippen molar-refractivity contribution in [2.24, 2.45) is 0 Å². The highest BCUT2D eigenvalue weighted by atomic mass is 79.9. The highest BCUT2D eigenvalue weighted by Crippen LogP contribution is 2.22. The predicted octanol–water partition coefficient (Wildman–Crippen LogP) is 4.79. The standard InChI is InChI=1S/C23H20BrN3O2/c1-29-18-10-11-20(24)19(12-18)23(28)25-13-16-6-8-17(9-7-16)14-27-15-26-21-4-2-3-5-22(21)27/h2-12,15H,13-14H2,1H3,(H,25,28). The molecule has 0 aliphatic carbocycles. The van der Waals surface area contributed by atoms with E-state index in [-0.39, 0.29) is 5.91 Å². The van der Waals surface area contributed by atoms with E-state index in [0.717, 1.165) is 27.6 Å². The van der Waals surface area contributed by atoms with Crippen molar-refractivity contribution in [2.75, 3.05) is 7.11 Å². The van der Waals surface area contributed by atoms with Crippen molar-refractivity contribution >= 4 is 32.9 Å². The molecule has 0 aliphatic heterocycles. The third-order valence-corrected chi connectivity index (χ3v) is 5.47. The van der Waals surface area contributed by atoms with Crippen molar-refractivity contribution in [3.63, 3.8) is 0 Å². The number of amides is 1. The number of aromatic nitrogens is 2. The lowest BCUT2D eigenvalue weighted by Gasteiger charge is -2.10. The second-order valence-electron chi connectivity index (χ2n) is 6.71. The average Bonchev–Trinajstić information content (AvgIpc) is 3.16. The zero-order valence-corrected chi connectivity index (χ0v) is 17.5. The van der Waals surface area contributed by atoms with Crippen LogP contribution >= 0.6 is 15.9 Å². The van der Waals surface area contributed by atoms with Gasteiger partial charge >= 0.3 is 0 Å². The van der Waals surface area contributed by atoms with E-state index >= 15 is 0 Å². The summed E-state index contributed by atoms with van der Waals surface area (Å²) < 4.78 is 8.06. The normalized spacial score (nSPS) is 10.8. The molecular formula is C23H20BrN3O2. The molecule has 4 rings (SSSR count). The fourth-order valence-corrected chi connectivity index (χ4v) is 3.61. The van der Waals surface area contributed by atoms with E-state index in [1.54, 1.807) is 13.2 Å². The topological polar surface area (TPSA) is 56.1 Å². The summed E-state index contributed by atoms with van der Waals surface area (Å²) in [6, 6.07) is 21.7. The zero-order valence-electron chi connectivity index (χ0n) is 15.9. The van der Waals surface area contributed by atoms with Gasteiger partial charge in [-0.05, 0) is 57.4 Å². The number of benzene rings is 3. The van der Waals surface area contributed by atoms with Crippen LogP contribution in [0.25, 0.3) is 11.0 Å². The molecule has 29 heavy (non-hydrogen) atoms. The maximum absolute atomic E-state index is 12.5. The number of rotatable bonds is 6. The highest BCUT2D eigenvalue weighted by molar-refractivity contribution is 9.10. The second kappa shape index (κ2) is 8.49. The Kier molecular flexibility index (Phi) is 5.62. The van der Waals surface area contributed by atoms with Gasteiger partial charge in [0.2, 0.25) is 0 Å². The van der Waals surface area contributed by atoms with Gasteiger partial charge in [-0.3, -0.25) is 4.79 Å². The summed E-state index contributed by atoms with van der Waals surface area (Å²) in [5.74, 6) is 0.500. The van der Waals surface area contributed by atoms with Gasteiger partial charge in [0, 0.05) is 17.6 Å². The Bertz CT molecular complexity index is 1150. The molecule has 146 valence electrons. The first-order chi connectivity index (χ1) is 14.1. The van der Waals surface area contributed by atoms with Crippen molar-refractivity contribution in [1.29, 1.82) is 0 Å². The molecule has 0 saturated heterocycles. The van der Waals surface area contributed by atoms with Gasteiger partial charge in [0.05, 0.1) is 30.0 Å². The highest BCUT2D eigenvalue weighted by Gasteiger charge is 2.11. The number of para-hydroxylation sites is 2. The molecule has 0 bridgehead atoms. The molecule has 0 unspecified atom stereocenters. The van der Waals surface area contributed by atoms with E-state index in [2.05, 4.69) is 49.0 Å². The summed E-state index contributed by atoms with van der Waals surface area (Å²) in [6.07, 6.45) is 1.87. The molecule has 0 saturated carbocycles. The number of methoxy groups -OCH3 is 1. The molecule has 0 aliphatic rings. The maximum Gasteiger partial charge on any atom is 0.252 e. The number of nitrogens with zero attached hydrogens (tertiary/aromatic N) is 2. The largest absolute Gasteiger partial charge is 0.497 e. The molecule has 0 atom stereocenters. The first-order valence-electron chi connectivity index (χ1n) is 9.23. The van der Waals surface area contributed by atoms with Gasteiger partial charge < -0.3 is 14.6 Å². The lowest BCUT2D eigenvalue weighted by molar-refractivity contribution is 0.0950. The van der Waals surface area contributed by atoms with Crippen LogP contribution in [0.3, 0.4) is 0 Å². The summed E-state index contributed by atoms with van der Waals surface area (Å²) in [6.45, 7) is 1.21.